The van der Waals surface area contributed by atoms with E-state index >= 15 is 0 Å². The zero-order chi connectivity index (χ0) is 31.7. The fourth-order valence-corrected chi connectivity index (χ4v) is 6.59. The van der Waals surface area contributed by atoms with E-state index in [0.29, 0.717) is 0 Å². The van der Waals surface area contributed by atoms with Crippen LogP contribution >= 0.6 is 0 Å². The van der Waals surface area contributed by atoms with Crippen molar-refractivity contribution in [2.45, 2.75) is 129 Å². The van der Waals surface area contributed by atoms with Crippen molar-refractivity contribution in [1.29, 1.82) is 0 Å². The summed E-state index contributed by atoms with van der Waals surface area (Å²) >= 11 is 0. The predicted octanol–water partition coefficient (Wildman–Crippen LogP) is -7.27. The zero-order valence-electron chi connectivity index (χ0n) is 23.4. The Morgan fingerprint density at radius 3 is 1.86 bits per heavy atom. The van der Waals surface area contributed by atoms with E-state index in [9.17, 15) is 51.1 Å². The lowest BCUT2D eigenvalue weighted by atomic mass is 9.92. The SMILES string of the molecule is C[C@@]1(O[C@@H]2[C@H]3OC[C@@H]2O[C@@H](O[C@@H]2[C@@H](O)[C@H](O[C@@H]4[C@H]5OC[C@@H]4O[C@@H](O)[C@H]5O)O[C@H](CO)[C@H]2O)[C@H]3O)O[C@H](CO)[C@H](O)[C@H](O)[C@H]1O. The van der Waals surface area contributed by atoms with E-state index in [4.69, 9.17) is 42.6 Å². The maximum atomic E-state index is 11.1. The maximum Gasteiger partial charge on any atom is 0.195 e. The van der Waals surface area contributed by atoms with Crippen molar-refractivity contribution in [3.05, 3.63) is 0 Å². The summed E-state index contributed by atoms with van der Waals surface area (Å²) in [5.74, 6) is -1.96. The van der Waals surface area contributed by atoms with Gasteiger partial charge in [-0.1, -0.05) is 0 Å². The molecule has 19 heteroatoms. The molecule has 0 unspecified atom stereocenters. The quantitative estimate of drug-likeness (QED) is 0.117. The highest BCUT2D eigenvalue weighted by Gasteiger charge is 2.60. The summed E-state index contributed by atoms with van der Waals surface area (Å²) in [6, 6.07) is 0. The normalized spacial score (nSPS) is 57.5. The lowest BCUT2D eigenvalue weighted by Crippen LogP contribution is -2.68. The average molecular weight is 645 g/mol. The van der Waals surface area contributed by atoms with Crippen molar-refractivity contribution >= 4 is 0 Å². The first-order valence-corrected chi connectivity index (χ1v) is 14.4. The summed E-state index contributed by atoms with van der Waals surface area (Å²) in [5, 5.41) is 104. The highest BCUT2D eigenvalue weighted by atomic mass is 16.8. The van der Waals surface area contributed by atoms with Crippen LogP contribution in [0.2, 0.25) is 0 Å². The number of rotatable bonds is 8. The second kappa shape index (κ2) is 12.7. The largest absolute Gasteiger partial charge is 0.394 e. The Bertz CT molecular complexity index is 991. The van der Waals surface area contributed by atoms with Crippen LogP contribution < -0.4 is 0 Å². The third kappa shape index (κ3) is 5.60. The molecule has 6 heterocycles. The molecule has 0 amide bonds. The van der Waals surface area contributed by atoms with Gasteiger partial charge in [0.05, 0.1) is 26.4 Å². The van der Waals surface area contributed by atoms with Crippen LogP contribution in [0.3, 0.4) is 0 Å². The molecule has 20 atom stereocenters. The third-order valence-electron chi connectivity index (χ3n) is 9.09. The van der Waals surface area contributed by atoms with Gasteiger partial charge in [0.15, 0.2) is 24.7 Å². The van der Waals surface area contributed by atoms with Crippen LogP contribution in [0.25, 0.3) is 0 Å². The number of aliphatic hydroxyl groups is 10. The Kier molecular flexibility index (Phi) is 9.56. The van der Waals surface area contributed by atoms with E-state index in [2.05, 4.69) is 0 Å². The molecule has 0 aliphatic carbocycles. The van der Waals surface area contributed by atoms with Crippen LogP contribution in [0.1, 0.15) is 6.92 Å². The molecule has 6 fully saturated rings. The molecule has 4 bridgehead atoms. The topological polar surface area (TPSA) is 285 Å². The first-order chi connectivity index (χ1) is 20.9. The van der Waals surface area contributed by atoms with Gasteiger partial charge in [0.1, 0.15) is 97.7 Å². The van der Waals surface area contributed by atoms with Gasteiger partial charge in [-0.2, -0.15) is 0 Å². The van der Waals surface area contributed by atoms with Crippen LogP contribution in [0.15, 0.2) is 0 Å². The van der Waals surface area contributed by atoms with E-state index in [1.54, 1.807) is 0 Å². The predicted molar refractivity (Wildman–Crippen MR) is 132 cm³/mol. The highest BCUT2D eigenvalue weighted by molar-refractivity contribution is 5.02. The molecule has 6 saturated heterocycles. The van der Waals surface area contributed by atoms with Gasteiger partial charge in [0, 0.05) is 0 Å². The summed E-state index contributed by atoms with van der Waals surface area (Å²) < 4.78 is 51.0. The molecular weight excluding hydrogens is 604 g/mol. The molecule has 6 aliphatic rings. The molecule has 6 rings (SSSR count). The number of ether oxygens (including phenoxy) is 9. The second-order valence-electron chi connectivity index (χ2n) is 12.0. The molecule has 0 aromatic rings. The van der Waals surface area contributed by atoms with Gasteiger partial charge in [0.25, 0.3) is 0 Å². The molecular formula is C25H40O19. The van der Waals surface area contributed by atoms with Crippen molar-refractivity contribution in [3.8, 4) is 0 Å². The number of hydrogen-bond donors (Lipinski definition) is 10. The van der Waals surface area contributed by atoms with Crippen LogP contribution in [0, 0.1) is 0 Å². The van der Waals surface area contributed by atoms with Gasteiger partial charge in [0.2, 0.25) is 0 Å². The van der Waals surface area contributed by atoms with Gasteiger partial charge >= 0.3 is 0 Å². The molecule has 0 radical (unpaired) electrons. The third-order valence-corrected chi connectivity index (χ3v) is 9.09. The van der Waals surface area contributed by atoms with Crippen molar-refractivity contribution in [2.24, 2.45) is 0 Å². The van der Waals surface area contributed by atoms with Crippen molar-refractivity contribution in [1.82, 2.24) is 0 Å². The molecule has 10 N–H and O–H groups in total. The fourth-order valence-electron chi connectivity index (χ4n) is 6.59. The van der Waals surface area contributed by atoms with Gasteiger partial charge in [-0.05, 0) is 6.92 Å². The number of aliphatic hydroxyl groups excluding tert-OH is 10. The fraction of sp³-hybridized carbons (Fsp3) is 1.00. The lowest BCUT2D eigenvalue weighted by Gasteiger charge is -2.49. The molecule has 0 spiro atoms. The molecule has 6 aliphatic heterocycles. The highest BCUT2D eigenvalue weighted by Crippen LogP contribution is 2.40. The van der Waals surface area contributed by atoms with E-state index in [1.165, 1.54) is 6.92 Å². The second-order valence-corrected chi connectivity index (χ2v) is 12.0. The van der Waals surface area contributed by atoms with Crippen LogP contribution in [-0.4, -0.2) is 200 Å². The minimum Gasteiger partial charge on any atom is -0.394 e. The standard InChI is InChI=1S/C25H40O19/c1-25(21(34)12(30)10(28)7(3-27)43-25)44-17-9-5-37-20(17)15(33)24(40-9)42-18-11(29)6(2-26)39-23(14(18)32)41-16-8-4-36-19(16)13(31)22(35)38-8/h6-24,26-35H,2-5H2,1H3/t6-,7-,8+,9+,10+,11-,12+,13+,14-,15+,16+,17+,18+,19+,20+,21-,22-,23+,24+,25+/m1/s1. The first-order valence-electron chi connectivity index (χ1n) is 14.4. The van der Waals surface area contributed by atoms with Crippen molar-refractivity contribution in [2.75, 3.05) is 26.4 Å². The van der Waals surface area contributed by atoms with Gasteiger partial charge in [-0.3, -0.25) is 0 Å². The van der Waals surface area contributed by atoms with Crippen molar-refractivity contribution < 1.29 is 93.7 Å². The Hall–Kier alpha value is -0.760. The summed E-state index contributed by atoms with van der Waals surface area (Å²) in [4.78, 5) is 0. The van der Waals surface area contributed by atoms with E-state index < -0.39 is 136 Å². The van der Waals surface area contributed by atoms with Crippen LogP contribution in [0.5, 0.6) is 0 Å². The molecule has 44 heavy (non-hydrogen) atoms. The smallest absolute Gasteiger partial charge is 0.195 e. The number of hydrogen-bond acceptors (Lipinski definition) is 19. The Labute approximate surface area is 249 Å². The Morgan fingerprint density at radius 2 is 1.20 bits per heavy atom. The molecule has 19 nitrogen and oxygen atoms in total. The summed E-state index contributed by atoms with van der Waals surface area (Å²) in [6.07, 6.45) is -26.2. The molecule has 254 valence electrons. The minimum atomic E-state index is -1.96. The maximum absolute atomic E-state index is 11.1. The summed E-state index contributed by atoms with van der Waals surface area (Å²) in [5.41, 5.74) is 0. The van der Waals surface area contributed by atoms with Gasteiger partial charge in [-0.25, -0.2) is 0 Å². The monoisotopic (exact) mass is 644 g/mol. The number of fused-ring (bicyclic) bond motifs is 4. The van der Waals surface area contributed by atoms with Gasteiger partial charge < -0.3 is 93.7 Å². The summed E-state index contributed by atoms with van der Waals surface area (Å²) in [7, 11) is 0. The minimum absolute atomic E-state index is 0.0202. The molecule has 0 aromatic carbocycles. The van der Waals surface area contributed by atoms with Crippen LogP contribution in [0.4, 0.5) is 0 Å². The lowest BCUT2D eigenvalue weighted by molar-refractivity contribution is -0.393. The molecule has 0 saturated carbocycles. The van der Waals surface area contributed by atoms with Crippen LogP contribution in [-0.2, 0) is 42.6 Å². The Balaban J connectivity index is 1.14. The Morgan fingerprint density at radius 1 is 0.614 bits per heavy atom. The summed E-state index contributed by atoms with van der Waals surface area (Å²) in [6.45, 7) is -0.258. The van der Waals surface area contributed by atoms with E-state index in [0.717, 1.165) is 0 Å². The van der Waals surface area contributed by atoms with E-state index in [-0.39, 0.29) is 13.2 Å². The van der Waals surface area contributed by atoms with Crippen molar-refractivity contribution in [3.63, 3.8) is 0 Å². The molecule has 0 aromatic heterocycles. The average Bonchev–Trinajstić information content (AvgIpc) is 3.48. The van der Waals surface area contributed by atoms with Gasteiger partial charge in [-0.15, -0.1) is 0 Å². The zero-order valence-corrected chi connectivity index (χ0v) is 23.4. The first kappa shape index (κ1) is 33.2. The van der Waals surface area contributed by atoms with E-state index in [1.807, 2.05) is 0 Å².